The van der Waals surface area contributed by atoms with Crippen LogP contribution in [0.3, 0.4) is 0 Å². The number of hydrogen-bond donors (Lipinski definition) is 2. The molecule has 2 rings (SSSR count). The van der Waals surface area contributed by atoms with E-state index in [1.165, 1.54) is 11.3 Å². The van der Waals surface area contributed by atoms with E-state index in [-0.39, 0.29) is 24.5 Å². The average Bonchev–Trinajstić information content (AvgIpc) is 2.86. The molecule has 2 atom stereocenters. The van der Waals surface area contributed by atoms with Crippen LogP contribution in [-0.2, 0) is 4.74 Å². The first kappa shape index (κ1) is 10.3. The molecule has 1 aromatic rings. The van der Waals surface area contributed by atoms with Gasteiger partial charge in [-0.3, -0.25) is 4.79 Å². The number of carbonyl (C=O) groups excluding carboxylic acids is 1. The molecule has 15 heavy (non-hydrogen) atoms. The number of primary amides is 1. The van der Waals surface area contributed by atoms with Gasteiger partial charge in [0.15, 0.2) is 0 Å². The highest BCUT2D eigenvalue weighted by Gasteiger charge is 2.23. The highest BCUT2D eigenvalue weighted by molar-refractivity contribution is 7.09. The third-order valence-corrected chi connectivity index (χ3v) is 2.93. The molecule has 1 amide bonds. The average molecular weight is 226 g/mol. The van der Waals surface area contributed by atoms with Crippen LogP contribution in [-0.4, -0.2) is 28.7 Å². The van der Waals surface area contributed by atoms with Crippen molar-refractivity contribution in [3.8, 4) is 0 Å². The van der Waals surface area contributed by atoms with Crippen molar-refractivity contribution < 1.29 is 14.6 Å². The fourth-order valence-electron chi connectivity index (χ4n) is 1.28. The van der Waals surface area contributed by atoms with Gasteiger partial charge >= 0.3 is 0 Å². The number of rotatable bonds is 3. The van der Waals surface area contributed by atoms with E-state index >= 15 is 0 Å². The number of amides is 1. The van der Waals surface area contributed by atoms with Crippen LogP contribution in [0.5, 0.6) is 0 Å². The fourth-order valence-corrected chi connectivity index (χ4v) is 2.10. The molecule has 2 unspecified atom stereocenters. The second-order valence-electron chi connectivity index (χ2n) is 3.10. The summed E-state index contributed by atoms with van der Waals surface area (Å²) in [6.45, 7) is -0.0545. The molecule has 1 aliphatic rings. The molecule has 1 aromatic heterocycles. The summed E-state index contributed by atoms with van der Waals surface area (Å²) in [5.41, 5.74) is 5.34. The Bertz CT molecular complexity index is 402. The number of hydrogen-bond acceptors (Lipinski definition) is 5. The maximum absolute atomic E-state index is 10.8. The number of aliphatic hydroxyl groups is 1. The van der Waals surface area contributed by atoms with E-state index in [9.17, 15) is 4.79 Å². The summed E-state index contributed by atoms with van der Waals surface area (Å²) in [7, 11) is 0. The van der Waals surface area contributed by atoms with Crippen LogP contribution in [0.4, 0.5) is 0 Å². The van der Waals surface area contributed by atoms with Crippen LogP contribution < -0.4 is 5.73 Å². The minimum absolute atomic E-state index is 0.0545. The summed E-state index contributed by atoms with van der Waals surface area (Å²) in [6, 6.07) is 0. The SMILES string of the molecule is NC(=O)c1csc(C2C=CC(CO)O2)n1. The molecule has 80 valence electrons. The van der Waals surface area contributed by atoms with E-state index in [1.54, 1.807) is 11.5 Å². The first-order valence-corrected chi connectivity index (χ1v) is 5.28. The zero-order valence-electron chi connectivity index (χ0n) is 7.79. The van der Waals surface area contributed by atoms with Gasteiger partial charge in [-0.2, -0.15) is 0 Å². The van der Waals surface area contributed by atoms with Gasteiger partial charge in [-0.15, -0.1) is 11.3 Å². The lowest BCUT2D eigenvalue weighted by Crippen LogP contribution is -2.13. The quantitative estimate of drug-likeness (QED) is 0.722. The third-order valence-electron chi connectivity index (χ3n) is 2.02. The number of aromatic nitrogens is 1. The van der Waals surface area contributed by atoms with Crippen molar-refractivity contribution in [2.45, 2.75) is 12.2 Å². The molecular formula is C9H10N2O3S. The van der Waals surface area contributed by atoms with Crippen molar-refractivity contribution in [1.29, 1.82) is 0 Å². The predicted octanol–water partition coefficient (Wildman–Crippen LogP) is 0.230. The first-order chi connectivity index (χ1) is 7.20. The van der Waals surface area contributed by atoms with Crippen molar-refractivity contribution in [3.63, 3.8) is 0 Å². The molecular weight excluding hydrogens is 216 g/mol. The maximum Gasteiger partial charge on any atom is 0.268 e. The van der Waals surface area contributed by atoms with Gasteiger partial charge in [0, 0.05) is 5.38 Å². The lowest BCUT2D eigenvalue weighted by molar-refractivity contribution is 0.0250. The molecule has 3 N–H and O–H groups in total. The molecule has 0 saturated carbocycles. The molecule has 6 heteroatoms. The van der Waals surface area contributed by atoms with Crippen molar-refractivity contribution in [2.24, 2.45) is 5.73 Å². The Morgan fingerprint density at radius 3 is 3.00 bits per heavy atom. The summed E-state index contributed by atoms with van der Waals surface area (Å²) < 4.78 is 5.42. The number of nitrogens with zero attached hydrogens (tertiary/aromatic N) is 1. The maximum atomic E-state index is 10.8. The van der Waals surface area contributed by atoms with Gasteiger partial charge in [0.1, 0.15) is 22.9 Å². The first-order valence-electron chi connectivity index (χ1n) is 4.40. The van der Waals surface area contributed by atoms with Crippen molar-refractivity contribution >= 4 is 17.2 Å². The van der Waals surface area contributed by atoms with Gasteiger partial charge < -0.3 is 15.6 Å². The van der Waals surface area contributed by atoms with E-state index < -0.39 is 5.91 Å². The minimum Gasteiger partial charge on any atom is -0.393 e. The van der Waals surface area contributed by atoms with Crippen LogP contribution in [0.2, 0.25) is 0 Å². The molecule has 5 nitrogen and oxygen atoms in total. The van der Waals surface area contributed by atoms with Crippen LogP contribution in [0, 0.1) is 0 Å². The smallest absolute Gasteiger partial charge is 0.268 e. The topological polar surface area (TPSA) is 85.4 Å². The summed E-state index contributed by atoms with van der Waals surface area (Å²) in [4.78, 5) is 14.9. The van der Waals surface area contributed by atoms with Crippen LogP contribution in [0.1, 0.15) is 21.6 Å². The number of carbonyl (C=O) groups is 1. The number of thiazole rings is 1. The standard InChI is InChI=1S/C9H10N2O3S/c10-8(13)6-4-15-9(11-6)7-2-1-5(3-12)14-7/h1-2,4-5,7,12H,3H2,(H2,10,13). The largest absolute Gasteiger partial charge is 0.393 e. The number of nitrogens with two attached hydrogens (primary N) is 1. The van der Waals surface area contributed by atoms with Crippen LogP contribution in [0.25, 0.3) is 0 Å². The van der Waals surface area contributed by atoms with E-state index in [2.05, 4.69) is 4.98 Å². The minimum atomic E-state index is -0.543. The van der Waals surface area contributed by atoms with Crippen LogP contribution >= 0.6 is 11.3 Å². The summed E-state index contributed by atoms with van der Waals surface area (Å²) in [5, 5.41) is 11.1. The lowest BCUT2D eigenvalue weighted by Gasteiger charge is -2.08. The van der Waals surface area contributed by atoms with Crippen molar-refractivity contribution in [3.05, 3.63) is 28.2 Å². The Hall–Kier alpha value is -1.24. The zero-order chi connectivity index (χ0) is 10.8. The van der Waals surface area contributed by atoms with Gasteiger partial charge in [-0.25, -0.2) is 4.98 Å². The highest BCUT2D eigenvalue weighted by atomic mass is 32.1. The second kappa shape index (κ2) is 4.09. The van der Waals surface area contributed by atoms with Crippen molar-refractivity contribution in [2.75, 3.05) is 6.61 Å². The zero-order valence-corrected chi connectivity index (χ0v) is 8.61. The molecule has 0 radical (unpaired) electrons. The molecule has 0 bridgehead atoms. The molecule has 0 aliphatic carbocycles. The second-order valence-corrected chi connectivity index (χ2v) is 3.99. The molecule has 0 aromatic carbocycles. The summed E-state index contributed by atoms with van der Waals surface area (Å²) in [6.07, 6.45) is 3.02. The predicted molar refractivity (Wildman–Crippen MR) is 54.5 cm³/mol. The Morgan fingerprint density at radius 1 is 1.67 bits per heavy atom. The van der Waals surface area contributed by atoms with Gasteiger partial charge in [-0.1, -0.05) is 12.2 Å². The number of ether oxygens (including phenoxy) is 1. The van der Waals surface area contributed by atoms with E-state index in [1.807, 2.05) is 6.08 Å². The molecule has 0 spiro atoms. The van der Waals surface area contributed by atoms with E-state index in [0.29, 0.717) is 5.01 Å². The van der Waals surface area contributed by atoms with Gasteiger partial charge in [0.2, 0.25) is 0 Å². The summed E-state index contributed by atoms with van der Waals surface area (Å²) in [5.74, 6) is -0.543. The molecule has 0 saturated heterocycles. The Labute approximate surface area is 90.2 Å². The summed E-state index contributed by atoms with van der Waals surface area (Å²) >= 11 is 1.32. The molecule has 0 fully saturated rings. The Kier molecular flexibility index (Phi) is 2.81. The third kappa shape index (κ3) is 2.06. The Balaban J connectivity index is 2.11. The lowest BCUT2D eigenvalue weighted by atomic mass is 10.3. The van der Waals surface area contributed by atoms with Gasteiger partial charge in [-0.05, 0) is 0 Å². The van der Waals surface area contributed by atoms with Gasteiger partial charge in [0.25, 0.3) is 5.91 Å². The van der Waals surface area contributed by atoms with Crippen LogP contribution in [0.15, 0.2) is 17.5 Å². The molecule has 2 heterocycles. The fraction of sp³-hybridized carbons (Fsp3) is 0.333. The Morgan fingerprint density at radius 2 is 2.47 bits per heavy atom. The molecule has 1 aliphatic heterocycles. The van der Waals surface area contributed by atoms with Crippen molar-refractivity contribution in [1.82, 2.24) is 4.98 Å². The van der Waals surface area contributed by atoms with Gasteiger partial charge in [0.05, 0.1) is 6.61 Å². The van der Waals surface area contributed by atoms with E-state index in [0.717, 1.165) is 0 Å². The normalized spacial score (nSPS) is 24.6. The monoisotopic (exact) mass is 226 g/mol. The van der Waals surface area contributed by atoms with E-state index in [4.69, 9.17) is 15.6 Å². The highest BCUT2D eigenvalue weighted by Crippen LogP contribution is 2.28. The number of aliphatic hydroxyl groups excluding tert-OH is 1.